The van der Waals surface area contributed by atoms with Crippen LogP contribution in [0.5, 0.6) is 5.75 Å². The molecule has 0 saturated heterocycles. The Hall–Kier alpha value is -2.97. The first kappa shape index (κ1) is 28.6. The number of benzene rings is 3. The summed E-state index contributed by atoms with van der Waals surface area (Å²) in [7, 11) is 1.44. The van der Waals surface area contributed by atoms with Crippen molar-refractivity contribution in [1.29, 1.82) is 0 Å². The highest BCUT2D eigenvalue weighted by atomic mass is 35.5. The minimum Gasteiger partial charge on any atom is -0.496 e. The number of rotatable bonds is 12. The van der Waals surface area contributed by atoms with Crippen LogP contribution in [0.3, 0.4) is 0 Å². The maximum Gasteiger partial charge on any atom is 0.339 e. The van der Waals surface area contributed by atoms with Crippen molar-refractivity contribution in [2.45, 2.75) is 44.9 Å². The topological polar surface area (TPSA) is 88.0 Å². The van der Waals surface area contributed by atoms with E-state index >= 15 is 0 Å². The van der Waals surface area contributed by atoms with Crippen LogP contribution in [0.1, 0.15) is 48.4 Å². The summed E-state index contributed by atoms with van der Waals surface area (Å²) in [6.45, 7) is 6.27. The Morgan fingerprint density at radius 2 is 1.86 bits per heavy atom. The van der Waals surface area contributed by atoms with Gasteiger partial charge in [-0.15, -0.1) is 0 Å². The van der Waals surface area contributed by atoms with E-state index < -0.39 is 17.9 Å². The third-order valence-electron chi connectivity index (χ3n) is 6.13. The van der Waals surface area contributed by atoms with E-state index in [1.54, 1.807) is 24.3 Å². The Morgan fingerprint density at radius 1 is 1.14 bits per heavy atom. The number of nitrogens with one attached hydrogen (secondary N) is 1. The highest BCUT2D eigenvalue weighted by Crippen LogP contribution is 2.33. The number of methoxy groups -OCH3 is 1. The highest BCUT2D eigenvalue weighted by molar-refractivity contribution is 6.30. The molecular weight excluding hydrogens is 497 g/mol. The number of carboxylic acids is 1. The van der Waals surface area contributed by atoms with Gasteiger partial charge in [0, 0.05) is 12.1 Å². The van der Waals surface area contributed by atoms with Gasteiger partial charge in [0.15, 0.2) is 0 Å². The van der Waals surface area contributed by atoms with Gasteiger partial charge in [0.25, 0.3) is 0 Å². The number of ether oxygens (including phenoxy) is 2. The molecule has 3 rings (SSSR count). The Labute approximate surface area is 222 Å². The number of hydrogen-bond donors (Lipinski definition) is 3. The molecule has 0 aliphatic heterocycles. The zero-order valence-corrected chi connectivity index (χ0v) is 22.2. The summed E-state index contributed by atoms with van der Waals surface area (Å²) < 4.78 is 25.0. The fourth-order valence-electron chi connectivity index (χ4n) is 4.17. The quantitative estimate of drug-likeness (QED) is 0.271. The predicted octanol–water partition coefficient (Wildman–Crippen LogP) is 5.90. The van der Waals surface area contributed by atoms with Crippen molar-refractivity contribution in [3.8, 4) is 16.9 Å². The molecule has 0 radical (unpaired) electrons. The molecule has 2 atom stereocenters. The first-order chi connectivity index (χ1) is 17.5. The maximum atomic E-state index is 13.8. The van der Waals surface area contributed by atoms with Crippen molar-refractivity contribution in [3.05, 3.63) is 88.2 Å². The average molecular weight is 530 g/mol. The van der Waals surface area contributed by atoms with E-state index in [1.807, 2.05) is 45.0 Å². The van der Waals surface area contributed by atoms with E-state index in [9.17, 15) is 19.4 Å². The van der Waals surface area contributed by atoms with E-state index in [2.05, 4.69) is 5.32 Å². The second kappa shape index (κ2) is 12.5. The van der Waals surface area contributed by atoms with Crippen LogP contribution in [0.15, 0.2) is 60.7 Å². The van der Waals surface area contributed by atoms with Gasteiger partial charge in [-0.25, -0.2) is 9.18 Å². The third kappa shape index (κ3) is 7.76. The van der Waals surface area contributed by atoms with Crippen LogP contribution in [-0.4, -0.2) is 48.1 Å². The first-order valence-corrected chi connectivity index (χ1v) is 12.4. The summed E-state index contributed by atoms with van der Waals surface area (Å²) >= 11 is 5.77. The lowest BCUT2D eigenvalue weighted by Gasteiger charge is -2.28. The van der Waals surface area contributed by atoms with Crippen molar-refractivity contribution < 1.29 is 28.9 Å². The Morgan fingerprint density at radius 3 is 2.54 bits per heavy atom. The van der Waals surface area contributed by atoms with Crippen molar-refractivity contribution >= 4 is 17.6 Å². The molecule has 0 spiro atoms. The Kier molecular flexibility index (Phi) is 9.68. The highest BCUT2D eigenvalue weighted by Gasteiger charge is 2.21. The minimum absolute atomic E-state index is 0.0905. The van der Waals surface area contributed by atoms with Gasteiger partial charge in [0.1, 0.15) is 17.1 Å². The number of carboxylic acid groups (broad SMARTS) is 1. The molecule has 6 nitrogen and oxygen atoms in total. The van der Waals surface area contributed by atoms with E-state index in [-0.39, 0.29) is 34.6 Å². The van der Waals surface area contributed by atoms with Gasteiger partial charge in [-0.05, 0) is 73.7 Å². The third-order valence-corrected chi connectivity index (χ3v) is 6.43. The number of carbonyl (C=O) groups is 1. The molecule has 37 heavy (non-hydrogen) atoms. The van der Waals surface area contributed by atoms with Crippen LogP contribution in [0.4, 0.5) is 4.39 Å². The predicted molar refractivity (Wildman–Crippen MR) is 143 cm³/mol. The largest absolute Gasteiger partial charge is 0.496 e. The summed E-state index contributed by atoms with van der Waals surface area (Å²) in [6.07, 6.45) is -0.533. The zero-order chi connectivity index (χ0) is 27.2. The fraction of sp³-hybridized carbons (Fsp3) is 0.345. The second-order valence-corrected chi connectivity index (χ2v) is 10.0. The molecule has 0 aliphatic carbocycles. The fourth-order valence-corrected chi connectivity index (χ4v) is 4.29. The zero-order valence-electron chi connectivity index (χ0n) is 21.4. The summed E-state index contributed by atoms with van der Waals surface area (Å²) in [5, 5.41) is 23.3. The van der Waals surface area contributed by atoms with E-state index in [1.165, 1.54) is 19.2 Å². The maximum absolute atomic E-state index is 13.8. The van der Waals surface area contributed by atoms with Crippen LogP contribution < -0.4 is 10.1 Å². The molecule has 0 amide bonds. The molecule has 0 fully saturated rings. The van der Waals surface area contributed by atoms with Crippen LogP contribution >= 0.6 is 11.6 Å². The molecule has 198 valence electrons. The molecule has 0 aliphatic rings. The van der Waals surface area contributed by atoms with Gasteiger partial charge in [0.05, 0.1) is 30.9 Å². The van der Waals surface area contributed by atoms with Gasteiger partial charge in [0.2, 0.25) is 0 Å². The molecule has 0 heterocycles. The summed E-state index contributed by atoms with van der Waals surface area (Å²) in [5.74, 6) is -1.23. The number of β-amino-alcohol motifs (C(OH)–C–C–N with tert-alkyl or cyclic N) is 1. The van der Waals surface area contributed by atoms with Crippen LogP contribution in [0.2, 0.25) is 5.02 Å². The SMILES string of the molecule is COc1cc(-c2ccccc2C(C)OC[C@H](O)CNC(C)(C)Cc2ccc(Cl)c(F)c2)ccc1C(=O)O. The lowest BCUT2D eigenvalue weighted by Crippen LogP contribution is -2.46. The number of hydrogen-bond acceptors (Lipinski definition) is 5. The molecule has 3 aromatic rings. The summed E-state index contributed by atoms with van der Waals surface area (Å²) in [6, 6.07) is 17.4. The molecule has 8 heteroatoms. The van der Waals surface area contributed by atoms with E-state index in [4.69, 9.17) is 21.1 Å². The van der Waals surface area contributed by atoms with E-state index in [0.29, 0.717) is 13.0 Å². The normalized spacial score (nSPS) is 13.3. The number of aliphatic hydroxyl groups is 1. The van der Waals surface area contributed by atoms with Crippen molar-refractivity contribution in [2.75, 3.05) is 20.3 Å². The molecular formula is C29H33ClFNO5. The number of halogens is 2. The van der Waals surface area contributed by atoms with Crippen LogP contribution in [-0.2, 0) is 11.2 Å². The number of aromatic carboxylic acids is 1. The lowest BCUT2D eigenvalue weighted by atomic mass is 9.94. The van der Waals surface area contributed by atoms with Crippen molar-refractivity contribution in [3.63, 3.8) is 0 Å². The molecule has 0 bridgehead atoms. The number of aliphatic hydroxyl groups excluding tert-OH is 1. The monoisotopic (exact) mass is 529 g/mol. The summed E-state index contributed by atoms with van der Waals surface area (Å²) in [4.78, 5) is 11.4. The average Bonchev–Trinajstić information content (AvgIpc) is 2.87. The second-order valence-electron chi connectivity index (χ2n) is 9.63. The molecule has 3 aromatic carbocycles. The lowest BCUT2D eigenvalue weighted by molar-refractivity contribution is -0.00397. The Bertz CT molecular complexity index is 1230. The minimum atomic E-state index is -1.06. The molecule has 0 aromatic heterocycles. The Balaban J connectivity index is 1.61. The van der Waals surface area contributed by atoms with Gasteiger partial charge in [-0.3, -0.25) is 0 Å². The summed E-state index contributed by atoms with van der Waals surface area (Å²) in [5.41, 5.74) is 3.10. The van der Waals surface area contributed by atoms with Gasteiger partial charge < -0.3 is 25.0 Å². The van der Waals surface area contributed by atoms with Gasteiger partial charge in [-0.1, -0.05) is 48.0 Å². The standard InChI is InChI=1S/C29H33ClFNO5/c1-18(22-7-5-6-8-23(22)20-10-11-24(28(34)35)27(14-20)36-4)37-17-21(33)16-32-29(2,3)15-19-9-12-25(30)26(31)13-19/h5-14,18,21,32-33H,15-17H2,1-4H3,(H,34,35)/t18?,21-/m1/s1. The van der Waals surface area contributed by atoms with Crippen LogP contribution in [0, 0.1) is 5.82 Å². The first-order valence-electron chi connectivity index (χ1n) is 12.0. The van der Waals surface area contributed by atoms with Crippen molar-refractivity contribution in [1.82, 2.24) is 5.32 Å². The molecule has 1 unspecified atom stereocenters. The molecule has 3 N–H and O–H groups in total. The van der Waals surface area contributed by atoms with Crippen LogP contribution in [0.25, 0.3) is 11.1 Å². The smallest absolute Gasteiger partial charge is 0.339 e. The van der Waals surface area contributed by atoms with E-state index in [0.717, 1.165) is 22.3 Å². The molecule has 0 saturated carbocycles. The van der Waals surface area contributed by atoms with Gasteiger partial charge in [-0.2, -0.15) is 0 Å². The van der Waals surface area contributed by atoms with Crippen molar-refractivity contribution in [2.24, 2.45) is 0 Å². The van der Waals surface area contributed by atoms with Gasteiger partial charge >= 0.3 is 5.97 Å².